The van der Waals surface area contributed by atoms with Gasteiger partial charge in [0.1, 0.15) is 5.60 Å². The Kier molecular flexibility index (Phi) is 11.4. The van der Waals surface area contributed by atoms with E-state index in [4.69, 9.17) is 4.74 Å². The second-order valence-electron chi connectivity index (χ2n) is 9.16. The third-order valence-electron chi connectivity index (χ3n) is 5.09. The maximum absolute atomic E-state index is 12.1. The van der Waals surface area contributed by atoms with E-state index in [1.165, 1.54) is 5.69 Å². The molecule has 176 valence electrons. The summed E-state index contributed by atoms with van der Waals surface area (Å²) in [7, 11) is 3.57. The number of carbonyl (C=O) groups excluding carboxylic acids is 1. The van der Waals surface area contributed by atoms with Gasteiger partial charge >= 0.3 is 6.09 Å². The molecule has 1 aromatic carbocycles. The summed E-state index contributed by atoms with van der Waals surface area (Å²) in [6, 6.07) is 11.0. The predicted molar refractivity (Wildman–Crippen MR) is 140 cm³/mol. The molecule has 2 N–H and O–H groups in total. The summed E-state index contributed by atoms with van der Waals surface area (Å²) in [5.41, 5.74) is 0.816. The number of nitrogens with one attached hydrogen (secondary N) is 2. The minimum Gasteiger partial charge on any atom is -0.444 e. The van der Waals surface area contributed by atoms with E-state index in [2.05, 4.69) is 57.8 Å². The second kappa shape index (κ2) is 13.0. The molecule has 1 saturated heterocycles. The van der Waals surface area contributed by atoms with E-state index < -0.39 is 5.60 Å². The van der Waals surface area contributed by atoms with Crippen molar-refractivity contribution in [1.82, 2.24) is 15.5 Å². The van der Waals surface area contributed by atoms with E-state index in [0.717, 1.165) is 38.4 Å². The molecule has 1 heterocycles. The lowest BCUT2D eigenvalue weighted by Gasteiger charge is -2.34. The first kappa shape index (κ1) is 27.3. The molecule has 8 heteroatoms. The van der Waals surface area contributed by atoms with Crippen molar-refractivity contribution in [3.05, 3.63) is 30.3 Å². The number of benzene rings is 1. The monoisotopic (exact) mass is 545 g/mol. The number of guanidine groups is 1. The van der Waals surface area contributed by atoms with Crippen LogP contribution in [0.5, 0.6) is 0 Å². The zero-order valence-corrected chi connectivity index (χ0v) is 22.2. The lowest BCUT2D eigenvalue weighted by molar-refractivity contribution is 0.0278. The molecule has 0 saturated carbocycles. The van der Waals surface area contributed by atoms with Crippen LogP contribution < -0.4 is 15.5 Å². The van der Waals surface area contributed by atoms with Crippen molar-refractivity contribution in [2.45, 2.75) is 52.2 Å². The lowest BCUT2D eigenvalue weighted by Crippen LogP contribution is -2.50. The Morgan fingerprint density at radius 3 is 2.42 bits per heavy atom. The average molecular weight is 546 g/mol. The molecule has 1 aliphatic rings. The Morgan fingerprint density at radius 2 is 1.87 bits per heavy atom. The maximum atomic E-state index is 12.1. The number of halogens is 1. The number of amides is 1. The Labute approximate surface area is 205 Å². The zero-order valence-electron chi connectivity index (χ0n) is 19.9. The minimum atomic E-state index is -0.477. The molecule has 1 aliphatic heterocycles. The van der Waals surface area contributed by atoms with Gasteiger partial charge in [0.25, 0.3) is 0 Å². The SMILES string of the molecule is CN=C(NCC(C)CN(C)C(=O)OC(C)(C)C)NC1CCN(c2ccccc2)CC1.I. The van der Waals surface area contributed by atoms with Gasteiger partial charge in [-0.3, -0.25) is 4.99 Å². The van der Waals surface area contributed by atoms with Crippen molar-refractivity contribution in [2.24, 2.45) is 10.9 Å². The summed E-state index contributed by atoms with van der Waals surface area (Å²) >= 11 is 0. The molecule has 1 unspecified atom stereocenters. The van der Waals surface area contributed by atoms with Crippen LogP contribution in [0.3, 0.4) is 0 Å². The van der Waals surface area contributed by atoms with Gasteiger partial charge in [-0.2, -0.15) is 0 Å². The molecule has 0 aliphatic carbocycles. The van der Waals surface area contributed by atoms with Crippen LogP contribution >= 0.6 is 24.0 Å². The molecule has 0 aromatic heterocycles. The van der Waals surface area contributed by atoms with Crippen molar-refractivity contribution in [1.29, 1.82) is 0 Å². The number of nitrogens with zero attached hydrogens (tertiary/aromatic N) is 3. The second-order valence-corrected chi connectivity index (χ2v) is 9.16. The summed E-state index contributed by atoms with van der Waals surface area (Å²) in [4.78, 5) is 20.6. The predicted octanol–water partition coefficient (Wildman–Crippen LogP) is 3.94. The molecule has 31 heavy (non-hydrogen) atoms. The van der Waals surface area contributed by atoms with Crippen molar-refractivity contribution in [2.75, 3.05) is 45.2 Å². The van der Waals surface area contributed by atoms with Gasteiger partial charge in [0, 0.05) is 52.0 Å². The normalized spacial score (nSPS) is 16.2. The van der Waals surface area contributed by atoms with Gasteiger partial charge in [-0.25, -0.2) is 4.79 Å². The molecule has 1 amide bonds. The quantitative estimate of drug-likeness (QED) is 0.322. The van der Waals surface area contributed by atoms with Crippen LogP contribution in [0.2, 0.25) is 0 Å². The molecule has 0 bridgehead atoms. The summed E-state index contributed by atoms with van der Waals surface area (Å²) in [6.45, 7) is 11.2. The maximum Gasteiger partial charge on any atom is 0.410 e. The fourth-order valence-corrected chi connectivity index (χ4v) is 3.53. The van der Waals surface area contributed by atoms with Crippen LogP contribution in [0.25, 0.3) is 0 Å². The molecular formula is C23H40IN5O2. The van der Waals surface area contributed by atoms with Crippen LogP contribution in [0.1, 0.15) is 40.5 Å². The van der Waals surface area contributed by atoms with Gasteiger partial charge < -0.3 is 25.2 Å². The number of hydrogen-bond donors (Lipinski definition) is 2. The number of carbonyl (C=O) groups is 1. The molecule has 0 spiro atoms. The molecular weight excluding hydrogens is 505 g/mol. The summed E-state index contributed by atoms with van der Waals surface area (Å²) in [5, 5.41) is 6.95. The number of piperidine rings is 1. The van der Waals surface area contributed by atoms with E-state index in [1.807, 2.05) is 20.8 Å². The minimum absolute atomic E-state index is 0. The Morgan fingerprint density at radius 1 is 1.26 bits per heavy atom. The topological polar surface area (TPSA) is 69.2 Å². The number of para-hydroxylation sites is 1. The molecule has 0 radical (unpaired) electrons. The third-order valence-corrected chi connectivity index (χ3v) is 5.09. The van der Waals surface area contributed by atoms with E-state index >= 15 is 0 Å². The van der Waals surface area contributed by atoms with Crippen LogP contribution in [0.4, 0.5) is 10.5 Å². The highest BCUT2D eigenvalue weighted by Crippen LogP contribution is 2.19. The number of anilines is 1. The molecule has 1 aromatic rings. The van der Waals surface area contributed by atoms with Crippen molar-refractivity contribution in [3.63, 3.8) is 0 Å². The number of rotatable bonds is 6. The summed E-state index contributed by atoms with van der Waals surface area (Å²) < 4.78 is 5.41. The van der Waals surface area contributed by atoms with Crippen molar-refractivity contribution < 1.29 is 9.53 Å². The van der Waals surface area contributed by atoms with Gasteiger partial charge in [0.05, 0.1) is 0 Å². The molecule has 1 atom stereocenters. The Bertz CT molecular complexity index is 685. The molecule has 2 rings (SSSR count). The smallest absolute Gasteiger partial charge is 0.410 e. The number of hydrogen-bond acceptors (Lipinski definition) is 4. The van der Waals surface area contributed by atoms with E-state index in [0.29, 0.717) is 12.6 Å². The standard InChI is InChI=1S/C23H39N5O2.HI/c1-18(17-27(6)22(29)30-23(2,3)4)16-25-21(24-5)26-19-12-14-28(15-13-19)20-10-8-7-9-11-20;/h7-11,18-19H,12-17H2,1-6H3,(H2,24,25,26);1H. The van der Waals surface area contributed by atoms with Gasteiger partial charge in [0.2, 0.25) is 0 Å². The fourth-order valence-electron chi connectivity index (χ4n) is 3.53. The van der Waals surface area contributed by atoms with Gasteiger partial charge in [0.15, 0.2) is 5.96 Å². The molecule has 7 nitrogen and oxygen atoms in total. The highest BCUT2D eigenvalue weighted by atomic mass is 127. The fraction of sp³-hybridized carbons (Fsp3) is 0.652. The van der Waals surface area contributed by atoms with E-state index in [9.17, 15) is 4.79 Å². The van der Waals surface area contributed by atoms with Crippen LogP contribution in [0.15, 0.2) is 35.3 Å². The lowest BCUT2D eigenvalue weighted by atomic mass is 10.0. The highest BCUT2D eigenvalue weighted by molar-refractivity contribution is 14.0. The van der Waals surface area contributed by atoms with E-state index in [-0.39, 0.29) is 36.0 Å². The highest BCUT2D eigenvalue weighted by Gasteiger charge is 2.22. The first-order valence-electron chi connectivity index (χ1n) is 10.9. The Balaban J connectivity index is 0.00000480. The summed E-state index contributed by atoms with van der Waals surface area (Å²) in [6.07, 6.45) is 1.86. The average Bonchev–Trinajstić information content (AvgIpc) is 2.71. The van der Waals surface area contributed by atoms with Gasteiger partial charge in [-0.1, -0.05) is 25.1 Å². The first-order chi connectivity index (χ1) is 14.2. The molecule has 1 fully saturated rings. The zero-order chi connectivity index (χ0) is 22.1. The van der Waals surface area contributed by atoms with Crippen LogP contribution in [0, 0.1) is 5.92 Å². The van der Waals surface area contributed by atoms with Gasteiger partial charge in [-0.05, 0) is 51.7 Å². The van der Waals surface area contributed by atoms with E-state index in [1.54, 1.807) is 19.0 Å². The van der Waals surface area contributed by atoms with Crippen molar-refractivity contribution in [3.8, 4) is 0 Å². The van der Waals surface area contributed by atoms with Crippen molar-refractivity contribution >= 4 is 41.7 Å². The Hall–Kier alpha value is -1.71. The first-order valence-corrected chi connectivity index (χ1v) is 10.9. The third kappa shape index (κ3) is 9.97. The van der Waals surface area contributed by atoms with Crippen LogP contribution in [-0.2, 0) is 4.74 Å². The largest absolute Gasteiger partial charge is 0.444 e. The number of aliphatic imine (C=N–C) groups is 1. The van der Waals surface area contributed by atoms with Crippen LogP contribution in [-0.4, -0.2) is 68.9 Å². The van der Waals surface area contributed by atoms with Gasteiger partial charge in [-0.15, -0.1) is 24.0 Å². The summed E-state index contributed by atoms with van der Waals surface area (Å²) in [5.74, 6) is 1.08. The number of ether oxygens (including phenoxy) is 1.